The Bertz CT molecular complexity index is 1440. The Morgan fingerprint density at radius 3 is 2.30 bits per heavy atom. The summed E-state index contributed by atoms with van der Waals surface area (Å²) in [5.41, 5.74) is 4.19. The first-order chi connectivity index (χ1) is 22.9. The average molecular weight is 642 g/mol. The second-order valence-electron chi connectivity index (χ2n) is 12.5. The number of carbonyl (C=O) groups excluding carboxylic acids is 2. The van der Waals surface area contributed by atoms with Crippen LogP contribution in [0.15, 0.2) is 91.5 Å². The predicted octanol–water partition coefficient (Wildman–Crippen LogP) is 6.31. The maximum Gasteiger partial charge on any atom is 0.328 e. The van der Waals surface area contributed by atoms with Crippen molar-refractivity contribution in [1.29, 1.82) is 0 Å². The summed E-state index contributed by atoms with van der Waals surface area (Å²) in [5, 5.41) is 15.1. The Kier molecular flexibility index (Phi) is 12.2. The number of aliphatic hydroxyl groups excluding tert-OH is 1. The fraction of sp³-hybridized carbons (Fsp3) is 0.421. The minimum absolute atomic E-state index is 0.0115. The van der Waals surface area contributed by atoms with E-state index in [1.54, 1.807) is 12.1 Å². The van der Waals surface area contributed by atoms with E-state index in [1.807, 2.05) is 72.8 Å². The van der Waals surface area contributed by atoms with E-state index >= 15 is 0 Å². The number of anilines is 1. The highest BCUT2D eigenvalue weighted by molar-refractivity contribution is 5.92. The molecule has 2 aliphatic rings. The van der Waals surface area contributed by atoms with Crippen molar-refractivity contribution in [1.82, 2.24) is 10.2 Å². The molecule has 1 saturated carbocycles. The van der Waals surface area contributed by atoms with Gasteiger partial charge in [-0.05, 0) is 41.7 Å². The van der Waals surface area contributed by atoms with Crippen LogP contribution in [0.1, 0.15) is 67.3 Å². The molecule has 0 bridgehead atoms. The van der Waals surface area contributed by atoms with E-state index in [4.69, 9.17) is 14.2 Å². The minimum Gasteiger partial charge on any atom is -0.467 e. The Morgan fingerprint density at radius 2 is 1.66 bits per heavy atom. The Morgan fingerprint density at radius 1 is 0.979 bits per heavy atom. The molecule has 9 nitrogen and oxygen atoms in total. The zero-order valence-corrected chi connectivity index (χ0v) is 27.3. The zero-order chi connectivity index (χ0) is 33.2. The van der Waals surface area contributed by atoms with Crippen molar-refractivity contribution in [3.8, 4) is 0 Å². The summed E-state index contributed by atoms with van der Waals surface area (Å²) in [4.78, 5) is 27.8. The molecule has 3 aromatic carbocycles. The van der Waals surface area contributed by atoms with Gasteiger partial charge >= 0.3 is 12.0 Å². The van der Waals surface area contributed by atoms with Crippen LogP contribution in [-0.4, -0.2) is 60.4 Å². The van der Waals surface area contributed by atoms with Gasteiger partial charge in [0.25, 0.3) is 0 Å². The first-order valence-corrected chi connectivity index (χ1v) is 16.5. The molecule has 1 aliphatic carbocycles. The number of aliphatic hydroxyl groups is 1. The number of esters is 1. The monoisotopic (exact) mass is 641 g/mol. The van der Waals surface area contributed by atoms with Crippen LogP contribution in [0.4, 0.5) is 10.5 Å². The molecule has 0 radical (unpaired) electrons. The molecule has 1 aliphatic heterocycles. The van der Waals surface area contributed by atoms with Crippen LogP contribution in [0.2, 0.25) is 0 Å². The smallest absolute Gasteiger partial charge is 0.328 e. The fourth-order valence-corrected chi connectivity index (χ4v) is 6.60. The zero-order valence-electron chi connectivity index (χ0n) is 27.3. The SMILES string of the molecule is C=CCN(C[C@@H]1O[C@H](c2ccc(NC(=O)N[C@@H](Cc3ccccc3)C(=O)OC)cc2)O[C@H](c2ccc(CO)cc2)[C@@H]1C)C1CCCC1. The molecule has 0 aromatic heterocycles. The van der Waals surface area contributed by atoms with Crippen molar-refractivity contribution in [3.63, 3.8) is 0 Å². The molecule has 2 amide bonds. The molecule has 9 heteroatoms. The van der Waals surface area contributed by atoms with Crippen molar-refractivity contribution in [2.45, 2.75) is 76.2 Å². The van der Waals surface area contributed by atoms with Crippen molar-refractivity contribution < 1.29 is 28.9 Å². The van der Waals surface area contributed by atoms with Gasteiger partial charge in [-0.25, -0.2) is 9.59 Å². The van der Waals surface area contributed by atoms with Gasteiger partial charge < -0.3 is 30.0 Å². The molecule has 5 atom stereocenters. The molecule has 3 N–H and O–H groups in total. The van der Waals surface area contributed by atoms with Gasteiger partial charge in [0.15, 0.2) is 6.29 Å². The number of hydrogen-bond donors (Lipinski definition) is 3. The molecule has 1 heterocycles. The molecule has 1 saturated heterocycles. The number of nitrogens with zero attached hydrogens (tertiary/aromatic N) is 1. The third kappa shape index (κ3) is 9.08. The number of benzene rings is 3. The number of nitrogens with one attached hydrogen (secondary N) is 2. The van der Waals surface area contributed by atoms with Gasteiger partial charge in [-0.15, -0.1) is 6.58 Å². The number of amides is 2. The first kappa shape index (κ1) is 34.3. The molecule has 250 valence electrons. The van der Waals surface area contributed by atoms with Crippen molar-refractivity contribution in [2.75, 3.05) is 25.5 Å². The van der Waals surface area contributed by atoms with E-state index < -0.39 is 24.3 Å². The van der Waals surface area contributed by atoms with Gasteiger partial charge in [0.1, 0.15) is 6.04 Å². The molecular weight excluding hydrogens is 594 g/mol. The van der Waals surface area contributed by atoms with Crippen LogP contribution in [0.25, 0.3) is 0 Å². The largest absolute Gasteiger partial charge is 0.467 e. The van der Waals surface area contributed by atoms with Crippen LogP contribution >= 0.6 is 0 Å². The number of urea groups is 1. The topological polar surface area (TPSA) is 109 Å². The Labute approximate surface area is 277 Å². The number of rotatable bonds is 13. The van der Waals surface area contributed by atoms with E-state index in [0.717, 1.165) is 35.3 Å². The maximum absolute atomic E-state index is 12.9. The molecular formula is C38H47N3O6. The summed E-state index contributed by atoms with van der Waals surface area (Å²) in [6.45, 7) is 7.76. The molecule has 3 aromatic rings. The normalized spacial score (nSPS) is 22.0. The predicted molar refractivity (Wildman–Crippen MR) is 182 cm³/mol. The molecule has 2 fully saturated rings. The van der Waals surface area contributed by atoms with Crippen LogP contribution in [0.3, 0.4) is 0 Å². The van der Waals surface area contributed by atoms with Crippen molar-refractivity contribution in [2.24, 2.45) is 5.92 Å². The summed E-state index contributed by atoms with van der Waals surface area (Å²) in [6, 6.07) is 23.9. The molecule has 5 rings (SSSR count). The van der Waals surface area contributed by atoms with Gasteiger partial charge in [0.05, 0.1) is 25.9 Å². The Balaban J connectivity index is 1.30. The second kappa shape index (κ2) is 16.7. The summed E-state index contributed by atoms with van der Waals surface area (Å²) < 4.78 is 18.3. The van der Waals surface area contributed by atoms with E-state index in [9.17, 15) is 14.7 Å². The van der Waals surface area contributed by atoms with Crippen LogP contribution in [-0.2, 0) is 32.0 Å². The summed E-state index contributed by atoms with van der Waals surface area (Å²) in [6.07, 6.45) is 6.23. The summed E-state index contributed by atoms with van der Waals surface area (Å²) in [7, 11) is 1.31. The highest BCUT2D eigenvalue weighted by atomic mass is 16.7. The lowest BCUT2D eigenvalue weighted by atomic mass is 9.89. The number of hydrogen-bond acceptors (Lipinski definition) is 7. The number of methoxy groups -OCH3 is 1. The third-order valence-corrected chi connectivity index (χ3v) is 9.26. The van der Waals surface area contributed by atoms with E-state index in [-0.39, 0.29) is 24.7 Å². The van der Waals surface area contributed by atoms with Gasteiger partial charge in [-0.1, -0.05) is 92.6 Å². The summed E-state index contributed by atoms with van der Waals surface area (Å²) in [5.74, 6) is -0.446. The lowest BCUT2D eigenvalue weighted by molar-refractivity contribution is -0.276. The number of ether oxygens (including phenoxy) is 3. The molecule has 0 unspecified atom stereocenters. The standard InChI is InChI=1S/C38H47N3O6/c1-4-22-41(32-12-8-9-13-32)24-34-26(2)35(29-16-14-28(25-42)15-17-29)47-37(46-34)30-18-20-31(21-19-30)39-38(44)40-33(36(43)45-3)23-27-10-6-5-7-11-27/h4-7,10-11,14-21,26,32-35,37,42H,1,8-9,12-13,22-25H2,2-3H3,(H2,39,40,44)/t26-,33+,34+,35+,37+/m1/s1. The van der Waals surface area contributed by atoms with Gasteiger partial charge in [-0.3, -0.25) is 4.90 Å². The third-order valence-electron chi connectivity index (χ3n) is 9.26. The minimum atomic E-state index is -0.835. The van der Waals surface area contributed by atoms with E-state index in [2.05, 4.69) is 29.0 Å². The van der Waals surface area contributed by atoms with Crippen molar-refractivity contribution in [3.05, 3.63) is 114 Å². The quantitative estimate of drug-likeness (QED) is 0.148. The van der Waals surface area contributed by atoms with Crippen molar-refractivity contribution >= 4 is 17.7 Å². The maximum atomic E-state index is 12.9. The lowest BCUT2D eigenvalue weighted by Crippen LogP contribution is -2.47. The fourth-order valence-electron chi connectivity index (χ4n) is 6.60. The first-order valence-electron chi connectivity index (χ1n) is 16.5. The average Bonchev–Trinajstić information content (AvgIpc) is 3.64. The number of carbonyl (C=O) groups is 2. The second-order valence-corrected chi connectivity index (χ2v) is 12.5. The van der Waals surface area contributed by atoms with Crippen LogP contribution in [0, 0.1) is 5.92 Å². The van der Waals surface area contributed by atoms with Gasteiger partial charge in [0.2, 0.25) is 0 Å². The van der Waals surface area contributed by atoms with Crippen LogP contribution < -0.4 is 10.6 Å². The van der Waals surface area contributed by atoms with E-state index in [1.165, 1.54) is 32.8 Å². The van der Waals surface area contributed by atoms with E-state index in [0.29, 0.717) is 18.2 Å². The summed E-state index contributed by atoms with van der Waals surface area (Å²) >= 11 is 0. The lowest BCUT2D eigenvalue weighted by Gasteiger charge is -2.43. The van der Waals surface area contributed by atoms with Gasteiger partial charge in [-0.2, -0.15) is 0 Å². The van der Waals surface area contributed by atoms with Gasteiger partial charge in [0, 0.05) is 42.7 Å². The molecule has 0 spiro atoms. The highest BCUT2D eigenvalue weighted by Crippen LogP contribution is 2.42. The van der Waals surface area contributed by atoms with Crippen LogP contribution in [0.5, 0.6) is 0 Å². The molecule has 47 heavy (non-hydrogen) atoms. The highest BCUT2D eigenvalue weighted by Gasteiger charge is 2.40. The Hall–Kier alpha value is -4.02.